The van der Waals surface area contributed by atoms with Crippen LogP contribution >= 0.6 is 0 Å². The minimum absolute atomic E-state index is 0.0138. The maximum atomic E-state index is 12.0. The molecule has 0 saturated heterocycles. The number of hydrogen-bond acceptors (Lipinski definition) is 3. The lowest BCUT2D eigenvalue weighted by atomic mass is 9.87. The number of benzene rings is 1. The average Bonchev–Trinajstić information content (AvgIpc) is 3.00. The fourth-order valence-corrected chi connectivity index (χ4v) is 3.64. The molecule has 2 N–H and O–H groups in total. The molecule has 1 unspecified atom stereocenters. The van der Waals surface area contributed by atoms with Crippen molar-refractivity contribution in [1.82, 2.24) is 0 Å². The molecule has 1 aromatic carbocycles. The Morgan fingerprint density at radius 1 is 1.22 bits per heavy atom. The van der Waals surface area contributed by atoms with Gasteiger partial charge >= 0.3 is 0 Å². The Kier molecular flexibility index (Phi) is 3.06. The van der Waals surface area contributed by atoms with E-state index in [2.05, 4.69) is 0 Å². The van der Waals surface area contributed by atoms with Gasteiger partial charge in [0.15, 0.2) is 9.84 Å². The third-order valence-electron chi connectivity index (χ3n) is 4.19. The average molecular weight is 267 g/mol. The fraction of sp³-hybridized carbons (Fsp3) is 0.571. The van der Waals surface area contributed by atoms with Crippen molar-refractivity contribution < 1.29 is 8.42 Å². The number of aryl methyl sites for hydroxylation is 2. The Morgan fingerprint density at radius 2 is 1.72 bits per heavy atom. The van der Waals surface area contributed by atoms with Gasteiger partial charge in [0.05, 0.1) is 4.90 Å². The van der Waals surface area contributed by atoms with E-state index in [1.807, 2.05) is 26.8 Å². The predicted octanol–water partition coefficient (Wildman–Crippen LogP) is 2.09. The summed E-state index contributed by atoms with van der Waals surface area (Å²) in [7, 11) is -3.20. The summed E-state index contributed by atoms with van der Waals surface area (Å²) in [6.07, 6.45) is 3.24. The Morgan fingerprint density at radius 3 is 2.11 bits per heavy atom. The van der Waals surface area contributed by atoms with Crippen molar-refractivity contribution in [2.75, 3.05) is 6.26 Å². The standard InChI is InChI=1S/C14H21NO2S/c1-9-7-12(14(5-6-14)11(3)15)13(8-10(9)2)18(4,16)17/h7-8,11H,5-6,15H2,1-4H3. The second kappa shape index (κ2) is 4.07. The molecule has 0 radical (unpaired) electrons. The van der Waals surface area contributed by atoms with E-state index in [-0.39, 0.29) is 11.5 Å². The molecule has 2 rings (SSSR count). The van der Waals surface area contributed by atoms with E-state index in [0.29, 0.717) is 4.90 Å². The first kappa shape index (κ1) is 13.6. The van der Waals surface area contributed by atoms with Gasteiger partial charge in [-0.2, -0.15) is 0 Å². The molecular weight excluding hydrogens is 246 g/mol. The third kappa shape index (κ3) is 2.08. The zero-order valence-corrected chi connectivity index (χ0v) is 12.3. The molecule has 0 spiro atoms. The minimum Gasteiger partial charge on any atom is -0.327 e. The topological polar surface area (TPSA) is 60.2 Å². The van der Waals surface area contributed by atoms with E-state index in [9.17, 15) is 8.42 Å². The van der Waals surface area contributed by atoms with Gasteiger partial charge in [0.2, 0.25) is 0 Å². The first-order valence-electron chi connectivity index (χ1n) is 6.26. The van der Waals surface area contributed by atoms with Gasteiger partial charge < -0.3 is 5.73 Å². The molecule has 0 bridgehead atoms. The molecule has 4 heteroatoms. The molecule has 0 amide bonds. The second-order valence-corrected chi connectivity index (χ2v) is 7.63. The summed E-state index contributed by atoms with van der Waals surface area (Å²) in [6.45, 7) is 5.93. The van der Waals surface area contributed by atoms with Gasteiger partial charge in [-0.15, -0.1) is 0 Å². The van der Waals surface area contributed by atoms with Crippen LogP contribution in [-0.4, -0.2) is 20.7 Å². The largest absolute Gasteiger partial charge is 0.327 e. The van der Waals surface area contributed by atoms with Crippen molar-refractivity contribution in [3.05, 3.63) is 28.8 Å². The van der Waals surface area contributed by atoms with Gasteiger partial charge in [-0.1, -0.05) is 6.07 Å². The molecule has 1 atom stereocenters. The highest BCUT2D eigenvalue weighted by Gasteiger charge is 2.49. The fourth-order valence-electron chi connectivity index (χ4n) is 2.59. The summed E-state index contributed by atoms with van der Waals surface area (Å²) < 4.78 is 23.9. The second-order valence-electron chi connectivity index (χ2n) is 5.65. The van der Waals surface area contributed by atoms with Gasteiger partial charge in [-0.3, -0.25) is 0 Å². The van der Waals surface area contributed by atoms with Crippen LogP contribution in [0.3, 0.4) is 0 Å². The first-order valence-corrected chi connectivity index (χ1v) is 8.15. The van der Waals surface area contributed by atoms with Crippen LogP contribution in [0.15, 0.2) is 17.0 Å². The van der Waals surface area contributed by atoms with Gasteiger partial charge in [0, 0.05) is 17.7 Å². The lowest BCUT2D eigenvalue weighted by Gasteiger charge is -2.24. The quantitative estimate of drug-likeness (QED) is 0.912. The van der Waals surface area contributed by atoms with Gasteiger partial charge in [0.25, 0.3) is 0 Å². The number of rotatable bonds is 3. The van der Waals surface area contributed by atoms with E-state index in [1.165, 1.54) is 6.26 Å². The summed E-state index contributed by atoms with van der Waals surface area (Å²) in [5.41, 5.74) is 9.00. The van der Waals surface area contributed by atoms with Gasteiger partial charge in [-0.05, 0) is 56.4 Å². The van der Waals surface area contributed by atoms with Crippen LogP contribution in [0.5, 0.6) is 0 Å². The van der Waals surface area contributed by atoms with Gasteiger partial charge in [0.1, 0.15) is 0 Å². The third-order valence-corrected chi connectivity index (χ3v) is 5.33. The van der Waals surface area contributed by atoms with Crippen molar-refractivity contribution in [2.24, 2.45) is 5.73 Å². The van der Waals surface area contributed by atoms with Crippen molar-refractivity contribution in [2.45, 2.75) is 50.0 Å². The highest BCUT2D eigenvalue weighted by atomic mass is 32.2. The molecular formula is C14H21NO2S. The van der Waals surface area contributed by atoms with Crippen LogP contribution in [0.2, 0.25) is 0 Å². The number of hydrogen-bond donors (Lipinski definition) is 1. The van der Waals surface area contributed by atoms with E-state index in [1.54, 1.807) is 6.07 Å². The van der Waals surface area contributed by atoms with E-state index < -0.39 is 9.84 Å². The zero-order valence-electron chi connectivity index (χ0n) is 11.4. The number of nitrogens with two attached hydrogens (primary N) is 1. The van der Waals surface area contributed by atoms with Crippen molar-refractivity contribution >= 4 is 9.84 Å². The Balaban J connectivity index is 2.71. The lowest BCUT2D eigenvalue weighted by molar-refractivity contribution is 0.542. The van der Waals surface area contributed by atoms with Crippen LogP contribution in [0, 0.1) is 13.8 Å². The van der Waals surface area contributed by atoms with E-state index in [0.717, 1.165) is 29.5 Å². The molecule has 18 heavy (non-hydrogen) atoms. The maximum absolute atomic E-state index is 12.0. The Labute approximate surface area is 109 Å². The lowest BCUT2D eigenvalue weighted by Crippen LogP contribution is -2.33. The normalized spacial score (nSPS) is 19.6. The van der Waals surface area contributed by atoms with Gasteiger partial charge in [-0.25, -0.2) is 8.42 Å². The van der Waals surface area contributed by atoms with Crippen LogP contribution < -0.4 is 5.73 Å². The minimum atomic E-state index is -3.20. The van der Waals surface area contributed by atoms with E-state index >= 15 is 0 Å². The molecule has 0 heterocycles. The molecule has 1 saturated carbocycles. The Bertz CT molecular complexity index is 584. The Hall–Kier alpha value is -0.870. The molecule has 1 fully saturated rings. The summed E-state index contributed by atoms with van der Waals surface area (Å²) >= 11 is 0. The molecule has 0 aliphatic heterocycles. The zero-order chi connectivity index (χ0) is 13.7. The molecule has 0 aromatic heterocycles. The first-order chi connectivity index (χ1) is 8.18. The highest BCUT2D eigenvalue weighted by molar-refractivity contribution is 7.90. The van der Waals surface area contributed by atoms with Crippen LogP contribution in [0.4, 0.5) is 0 Å². The molecule has 100 valence electrons. The maximum Gasteiger partial charge on any atom is 0.175 e. The molecule has 1 aliphatic rings. The van der Waals surface area contributed by atoms with Crippen LogP contribution in [0.1, 0.15) is 36.5 Å². The van der Waals surface area contributed by atoms with Crippen molar-refractivity contribution in [1.29, 1.82) is 0 Å². The smallest absolute Gasteiger partial charge is 0.175 e. The SMILES string of the molecule is Cc1cc(C2(C(C)N)CC2)c(S(C)(=O)=O)cc1C. The van der Waals surface area contributed by atoms with Crippen LogP contribution in [0.25, 0.3) is 0 Å². The molecule has 3 nitrogen and oxygen atoms in total. The molecule has 1 aromatic rings. The summed E-state index contributed by atoms with van der Waals surface area (Å²) in [6, 6.07) is 3.80. The summed E-state index contributed by atoms with van der Waals surface area (Å²) in [4.78, 5) is 0.459. The van der Waals surface area contributed by atoms with Crippen molar-refractivity contribution in [3.8, 4) is 0 Å². The molecule has 1 aliphatic carbocycles. The number of sulfone groups is 1. The van der Waals surface area contributed by atoms with Crippen LogP contribution in [-0.2, 0) is 15.3 Å². The summed E-state index contributed by atoms with van der Waals surface area (Å²) in [5.74, 6) is 0. The summed E-state index contributed by atoms with van der Waals surface area (Å²) in [5, 5.41) is 0. The van der Waals surface area contributed by atoms with Crippen molar-refractivity contribution in [3.63, 3.8) is 0 Å². The highest BCUT2D eigenvalue weighted by Crippen LogP contribution is 2.52. The predicted molar refractivity (Wildman–Crippen MR) is 73.6 cm³/mol. The monoisotopic (exact) mass is 267 g/mol. The van der Waals surface area contributed by atoms with E-state index in [4.69, 9.17) is 5.73 Å².